The summed E-state index contributed by atoms with van der Waals surface area (Å²) >= 11 is 12.6. The summed E-state index contributed by atoms with van der Waals surface area (Å²) in [7, 11) is 0. The number of halogens is 2. The minimum atomic E-state index is -1.19. The minimum absolute atomic E-state index is 0.0893. The maximum absolute atomic E-state index is 11.0. The molecule has 0 aliphatic rings. The van der Waals surface area contributed by atoms with Crippen LogP contribution in [0.4, 0.5) is 5.69 Å². The molecule has 9 heteroatoms. The highest BCUT2D eigenvalue weighted by Crippen LogP contribution is 2.41. The summed E-state index contributed by atoms with van der Waals surface area (Å²) in [5, 5.41) is 28.3. The van der Waals surface area contributed by atoms with E-state index in [0.717, 1.165) is 16.9 Å². The molecule has 1 atom stereocenters. The van der Waals surface area contributed by atoms with Gasteiger partial charge in [0.05, 0.1) is 10.0 Å². The molecule has 0 spiro atoms. The van der Waals surface area contributed by atoms with Gasteiger partial charge in [0.15, 0.2) is 5.75 Å². The van der Waals surface area contributed by atoms with Gasteiger partial charge in [0.1, 0.15) is 24.6 Å². The lowest BCUT2D eigenvalue weighted by Gasteiger charge is -2.22. The van der Waals surface area contributed by atoms with Crippen molar-refractivity contribution in [2.45, 2.75) is 26.2 Å². The number of carboxylic acid groups (broad SMARTS) is 2. The van der Waals surface area contributed by atoms with Crippen LogP contribution in [-0.4, -0.2) is 40.3 Å². The zero-order valence-electron chi connectivity index (χ0n) is 15.9. The van der Waals surface area contributed by atoms with E-state index in [2.05, 4.69) is 0 Å². The van der Waals surface area contributed by atoms with Gasteiger partial charge in [-0.25, -0.2) is 0 Å². The maximum Gasteiger partial charge on any atom is 0.323 e. The largest absolute Gasteiger partial charge is 0.508 e. The molecule has 0 aliphatic heterocycles. The van der Waals surface area contributed by atoms with E-state index >= 15 is 0 Å². The van der Waals surface area contributed by atoms with Crippen LogP contribution in [-0.2, 0) is 9.59 Å². The lowest BCUT2D eigenvalue weighted by molar-refractivity contribution is -0.136. The molecule has 156 valence electrons. The number of rotatable bonds is 9. The van der Waals surface area contributed by atoms with Crippen LogP contribution in [0, 0.1) is 0 Å². The molecule has 7 nitrogen and oxygen atoms in total. The summed E-state index contributed by atoms with van der Waals surface area (Å²) in [4.78, 5) is 23.2. The molecule has 2 aromatic rings. The number of carboxylic acids is 2. The number of benzene rings is 2. The fourth-order valence-electron chi connectivity index (χ4n) is 2.72. The first-order valence-electron chi connectivity index (χ1n) is 8.80. The van der Waals surface area contributed by atoms with Crippen LogP contribution in [0.3, 0.4) is 0 Å². The first-order valence-corrected chi connectivity index (χ1v) is 9.56. The highest BCUT2D eigenvalue weighted by Gasteiger charge is 2.19. The summed E-state index contributed by atoms with van der Waals surface area (Å²) in [5.41, 5.74) is 0.964. The number of anilines is 1. The quantitative estimate of drug-likeness (QED) is 0.503. The second kappa shape index (κ2) is 9.71. The fourth-order valence-corrected chi connectivity index (χ4v) is 3.27. The van der Waals surface area contributed by atoms with Crippen LogP contribution < -0.4 is 9.64 Å². The third-order valence-electron chi connectivity index (χ3n) is 4.36. The second-order valence-electron chi connectivity index (χ2n) is 6.51. The molecule has 0 fully saturated rings. The molecule has 0 amide bonds. The molecular formula is C20H21Cl2NO6. The molecule has 29 heavy (non-hydrogen) atoms. The second-order valence-corrected chi connectivity index (χ2v) is 7.33. The van der Waals surface area contributed by atoms with Crippen LogP contribution in [0.5, 0.6) is 17.2 Å². The van der Waals surface area contributed by atoms with Gasteiger partial charge in [0.2, 0.25) is 0 Å². The van der Waals surface area contributed by atoms with E-state index in [-0.39, 0.29) is 33.1 Å². The van der Waals surface area contributed by atoms with E-state index in [1.54, 1.807) is 12.1 Å². The molecule has 2 rings (SSSR count). The molecule has 0 saturated heterocycles. The Kier molecular flexibility index (Phi) is 7.59. The average Bonchev–Trinajstić information content (AvgIpc) is 2.63. The van der Waals surface area contributed by atoms with Crippen LogP contribution in [0.1, 0.15) is 31.7 Å². The predicted molar refractivity (Wildman–Crippen MR) is 111 cm³/mol. The Morgan fingerprint density at radius 1 is 1.07 bits per heavy atom. The minimum Gasteiger partial charge on any atom is -0.508 e. The number of nitrogens with zero attached hydrogens (tertiary/aromatic N) is 1. The summed E-state index contributed by atoms with van der Waals surface area (Å²) < 4.78 is 5.80. The van der Waals surface area contributed by atoms with Crippen LogP contribution in [0.25, 0.3) is 0 Å². The van der Waals surface area contributed by atoms with Crippen molar-refractivity contribution in [1.29, 1.82) is 0 Å². The lowest BCUT2D eigenvalue weighted by Crippen LogP contribution is -2.34. The topological polar surface area (TPSA) is 107 Å². The van der Waals surface area contributed by atoms with Gasteiger partial charge in [-0.2, -0.15) is 0 Å². The van der Waals surface area contributed by atoms with Gasteiger partial charge in [-0.3, -0.25) is 9.59 Å². The average molecular weight is 442 g/mol. The number of aromatic hydroxyl groups is 1. The van der Waals surface area contributed by atoms with E-state index in [4.69, 9.17) is 38.2 Å². The number of aliphatic carboxylic acids is 2. The summed E-state index contributed by atoms with van der Waals surface area (Å²) in [6.07, 6.45) is 0.830. The van der Waals surface area contributed by atoms with E-state index < -0.39 is 25.0 Å². The SMILES string of the molecule is CCC(C)c1cc(Oc2c(Cl)cc(N(CC(=O)O)CC(=O)O)cc2Cl)ccc1O. The number of ether oxygens (including phenoxy) is 1. The zero-order chi connectivity index (χ0) is 21.7. The summed E-state index contributed by atoms with van der Waals surface area (Å²) in [6.45, 7) is 2.92. The Labute approximate surface area is 178 Å². The number of hydrogen-bond donors (Lipinski definition) is 3. The standard InChI is InChI=1S/C20H21Cl2NO6/c1-3-11(2)14-8-13(4-5-17(14)24)29-20-15(21)6-12(7-16(20)22)23(9-18(25)26)10-19(27)28/h4-8,11,24H,3,9-10H2,1-2H3,(H,25,26)(H,27,28). The van der Waals surface area contributed by atoms with Gasteiger partial charge in [0.25, 0.3) is 0 Å². The Morgan fingerprint density at radius 2 is 1.62 bits per heavy atom. The van der Waals surface area contributed by atoms with Crippen LogP contribution in [0.15, 0.2) is 30.3 Å². The van der Waals surface area contributed by atoms with Gasteiger partial charge < -0.3 is 25.0 Å². The molecule has 0 bridgehead atoms. The monoisotopic (exact) mass is 441 g/mol. The highest BCUT2D eigenvalue weighted by molar-refractivity contribution is 6.37. The van der Waals surface area contributed by atoms with E-state index in [9.17, 15) is 14.7 Å². The van der Waals surface area contributed by atoms with E-state index in [1.165, 1.54) is 18.2 Å². The maximum atomic E-state index is 11.0. The van der Waals surface area contributed by atoms with Crippen molar-refractivity contribution in [3.8, 4) is 17.2 Å². The Morgan fingerprint density at radius 3 is 2.10 bits per heavy atom. The predicted octanol–water partition coefficient (Wildman–Crippen LogP) is 4.98. The highest BCUT2D eigenvalue weighted by atomic mass is 35.5. The van der Waals surface area contributed by atoms with Gasteiger partial charge in [-0.1, -0.05) is 37.0 Å². The molecule has 2 aromatic carbocycles. The third kappa shape index (κ3) is 5.92. The third-order valence-corrected chi connectivity index (χ3v) is 4.92. The van der Waals surface area contributed by atoms with Gasteiger partial charge in [-0.05, 0) is 42.7 Å². The fraction of sp³-hybridized carbons (Fsp3) is 0.300. The van der Waals surface area contributed by atoms with Crippen molar-refractivity contribution in [3.05, 3.63) is 45.9 Å². The molecule has 0 aromatic heterocycles. The van der Waals surface area contributed by atoms with Crippen LogP contribution >= 0.6 is 23.2 Å². The molecule has 0 aliphatic carbocycles. The summed E-state index contributed by atoms with van der Waals surface area (Å²) in [5.74, 6) is -1.54. The molecular weight excluding hydrogens is 421 g/mol. The van der Waals surface area contributed by atoms with Crippen molar-refractivity contribution in [1.82, 2.24) is 0 Å². The zero-order valence-corrected chi connectivity index (χ0v) is 17.4. The Balaban J connectivity index is 2.36. The van der Waals surface area contributed by atoms with Gasteiger partial charge in [-0.15, -0.1) is 0 Å². The molecule has 1 unspecified atom stereocenters. The number of carbonyl (C=O) groups is 2. The van der Waals surface area contributed by atoms with E-state index in [0.29, 0.717) is 5.75 Å². The number of hydrogen-bond acceptors (Lipinski definition) is 5. The number of phenols is 1. The van der Waals surface area contributed by atoms with Crippen LogP contribution in [0.2, 0.25) is 10.0 Å². The van der Waals surface area contributed by atoms with E-state index in [1.807, 2.05) is 13.8 Å². The lowest BCUT2D eigenvalue weighted by atomic mass is 9.97. The van der Waals surface area contributed by atoms with Gasteiger partial charge in [0, 0.05) is 11.3 Å². The Hall–Kier alpha value is -2.64. The van der Waals surface area contributed by atoms with Crippen molar-refractivity contribution in [3.63, 3.8) is 0 Å². The molecule has 0 saturated carbocycles. The van der Waals surface area contributed by atoms with Gasteiger partial charge >= 0.3 is 11.9 Å². The van der Waals surface area contributed by atoms with Crippen molar-refractivity contribution in [2.75, 3.05) is 18.0 Å². The smallest absolute Gasteiger partial charge is 0.323 e. The number of phenolic OH excluding ortho intramolecular Hbond substituents is 1. The first kappa shape index (κ1) is 22.6. The molecule has 0 heterocycles. The first-order chi connectivity index (χ1) is 13.6. The van der Waals surface area contributed by atoms with Crippen molar-refractivity contribution in [2.24, 2.45) is 0 Å². The molecule has 3 N–H and O–H groups in total. The normalized spacial score (nSPS) is 11.7. The summed E-state index contributed by atoms with van der Waals surface area (Å²) in [6, 6.07) is 7.58. The molecule has 0 radical (unpaired) electrons. The Bertz CT molecular complexity index is 879. The van der Waals surface area contributed by atoms with Crippen molar-refractivity contribution >= 4 is 40.8 Å². The van der Waals surface area contributed by atoms with Crippen molar-refractivity contribution < 1.29 is 29.6 Å².